The summed E-state index contributed by atoms with van der Waals surface area (Å²) in [4.78, 5) is 16.1. The Balaban J connectivity index is 1.69. The molecule has 4 rings (SSSR count). The highest BCUT2D eigenvalue weighted by molar-refractivity contribution is 5.98. The monoisotopic (exact) mass is 391 g/mol. The minimum absolute atomic E-state index is 0.0843. The highest BCUT2D eigenvalue weighted by Gasteiger charge is 2.46. The van der Waals surface area contributed by atoms with Crippen molar-refractivity contribution in [1.82, 2.24) is 0 Å². The third-order valence-corrected chi connectivity index (χ3v) is 7.08. The van der Waals surface area contributed by atoms with E-state index in [1.165, 1.54) is 42.4 Å². The number of hydrogen-bond donors (Lipinski definition) is 0. The summed E-state index contributed by atoms with van der Waals surface area (Å²) >= 11 is 0. The van der Waals surface area contributed by atoms with Gasteiger partial charge in [-0.3, -0.25) is 4.79 Å². The van der Waals surface area contributed by atoms with Gasteiger partial charge in [0.25, 0.3) is 5.91 Å². The van der Waals surface area contributed by atoms with E-state index in [1.807, 2.05) is 0 Å². The van der Waals surface area contributed by atoms with Crippen LogP contribution in [-0.4, -0.2) is 36.1 Å². The number of para-hydroxylation sites is 1. The van der Waals surface area contributed by atoms with Crippen LogP contribution in [0.2, 0.25) is 0 Å². The molecule has 0 aromatic heterocycles. The zero-order valence-corrected chi connectivity index (χ0v) is 18.1. The molecule has 1 unspecified atom stereocenters. The molecule has 0 bridgehead atoms. The lowest BCUT2D eigenvalue weighted by molar-refractivity contribution is -0.955. The van der Waals surface area contributed by atoms with Crippen molar-refractivity contribution >= 4 is 11.6 Å². The molecule has 0 spiro atoms. The number of carbonyl (C=O) groups is 1. The van der Waals surface area contributed by atoms with Gasteiger partial charge in [0.15, 0.2) is 6.04 Å². The minimum Gasteiger partial charge on any atom is -0.310 e. The number of quaternary nitrogens is 1. The van der Waals surface area contributed by atoms with Gasteiger partial charge in [0.1, 0.15) is 6.54 Å². The lowest BCUT2D eigenvalue weighted by Gasteiger charge is -2.47. The Morgan fingerprint density at radius 2 is 1.52 bits per heavy atom. The molecule has 2 saturated heterocycles. The number of benzene rings is 2. The molecule has 0 aliphatic carbocycles. The molecule has 3 heteroatoms. The molecule has 1 amide bonds. The number of amides is 1. The van der Waals surface area contributed by atoms with Crippen LogP contribution < -0.4 is 4.90 Å². The number of likely N-dealkylation sites (tertiary alicyclic amines) is 1. The predicted octanol–water partition coefficient (Wildman–Crippen LogP) is 5.39. The molecule has 2 aliphatic rings. The van der Waals surface area contributed by atoms with Crippen molar-refractivity contribution in [3.8, 4) is 0 Å². The van der Waals surface area contributed by atoms with Crippen molar-refractivity contribution < 1.29 is 9.28 Å². The quantitative estimate of drug-likeness (QED) is 0.640. The van der Waals surface area contributed by atoms with Gasteiger partial charge in [-0.1, -0.05) is 48.5 Å². The van der Waals surface area contributed by atoms with Crippen LogP contribution in [0.25, 0.3) is 0 Å². The van der Waals surface area contributed by atoms with Crippen LogP contribution in [0.3, 0.4) is 0 Å². The van der Waals surface area contributed by atoms with Crippen molar-refractivity contribution in [2.45, 2.75) is 65.0 Å². The highest BCUT2D eigenvalue weighted by Crippen LogP contribution is 2.35. The van der Waals surface area contributed by atoms with Gasteiger partial charge in [-0.15, -0.1) is 0 Å². The Morgan fingerprint density at radius 1 is 0.862 bits per heavy atom. The first kappa shape index (κ1) is 20.2. The summed E-state index contributed by atoms with van der Waals surface area (Å²) in [6.07, 6.45) is 7.19. The molecule has 0 N–H and O–H groups in total. The van der Waals surface area contributed by atoms with Gasteiger partial charge in [0, 0.05) is 24.2 Å². The molecule has 2 aromatic carbocycles. The summed E-state index contributed by atoms with van der Waals surface area (Å²) in [6, 6.07) is 17.3. The third kappa shape index (κ3) is 4.11. The molecule has 154 valence electrons. The van der Waals surface area contributed by atoms with Crippen molar-refractivity contribution in [2.24, 2.45) is 0 Å². The summed E-state index contributed by atoms with van der Waals surface area (Å²) in [5.41, 5.74) is 4.94. The fraction of sp³-hybridized carbons (Fsp3) is 0.500. The summed E-state index contributed by atoms with van der Waals surface area (Å²) in [5, 5.41) is 0. The topological polar surface area (TPSA) is 20.3 Å². The first-order chi connectivity index (χ1) is 14.1. The summed E-state index contributed by atoms with van der Waals surface area (Å²) < 4.78 is 0.949. The largest absolute Gasteiger partial charge is 0.310 e. The van der Waals surface area contributed by atoms with Crippen LogP contribution in [0.15, 0.2) is 48.5 Å². The van der Waals surface area contributed by atoms with Crippen LogP contribution in [0.4, 0.5) is 5.69 Å². The smallest absolute Gasteiger partial charge is 0.285 e. The summed E-state index contributed by atoms with van der Waals surface area (Å²) in [6.45, 7) is 8.38. The normalized spacial score (nSPS) is 22.3. The van der Waals surface area contributed by atoms with Crippen LogP contribution >= 0.6 is 0 Å². The van der Waals surface area contributed by atoms with E-state index in [0.717, 1.165) is 49.2 Å². The fourth-order valence-electron chi connectivity index (χ4n) is 5.66. The van der Waals surface area contributed by atoms with Crippen molar-refractivity contribution in [3.63, 3.8) is 0 Å². The molecule has 1 atom stereocenters. The molecule has 2 fully saturated rings. The van der Waals surface area contributed by atoms with Gasteiger partial charge in [0.2, 0.25) is 0 Å². The van der Waals surface area contributed by atoms with E-state index in [9.17, 15) is 4.79 Å². The average Bonchev–Trinajstić information content (AvgIpc) is 2.96. The van der Waals surface area contributed by atoms with E-state index < -0.39 is 0 Å². The molecular weight excluding hydrogens is 356 g/mol. The Kier molecular flexibility index (Phi) is 6.05. The predicted molar refractivity (Wildman–Crippen MR) is 120 cm³/mol. The Morgan fingerprint density at radius 3 is 2.17 bits per heavy atom. The number of hydrogen-bond acceptors (Lipinski definition) is 1. The average molecular weight is 392 g/mol. The maximum atomic E-state index is 13.9. The Bertz CT molecular complexity index is 817. The molecule has 29 heavy (non-hydrogen) atoms. The second-order valence-corrected chi connectivity index (χ2v) is 9.11. The lowest BCUT2D eigenvalue weighted by Crippen LogP contribution is -2.63. The van der Waals surface area contributed by atoms with Crippen LogP contribution in [0, 0.1) is 13.8 Å². The maximum absolute atomic E-state index is 13.9. The molecule has 2 aliphatic heterocycles. The second kappa shape index (κ2) is 8.71. The van der Waals surface area contributed by atoms with E-state index in [4.69, 9.17) is 0 Å². The van der Waals surface area contributed by atoms with Gasteiger partial charge >= 0.3 is 0 Å². The molecule has 2 heterocycles. The van der Waals surface area contributed by atoms with Gasteiger partial charge in [-0.05, 0) is 57.1 Å². The highest BCUT2D eigenvalue weighted by atomic mass is 16.2. The molecule has 0 radical (unpaired) electrons. The standard InChI is InChI=1S/C26H35N2O/c1-21-12-10-13-22(2)25(21)27-17-11-16-24(26(27)29)28(18-8-3-4-9-19-28)20-23-14-6-5-7-15-23/h5-7,10,12-15,24H,3-4,8-9,11,16-20H2,1-2H3/q+1. The number of carbonyl (C=O) groups excluding carboxylic acids is 1. The summed E-state index contributed by atoms with van der Waals surface area (Å²) in [7, 11) is 0. The number of aryl methyl sites for hydroxylation is 2. The maximum Gasteiger partial charge on any atom is 0.285 e. The van der Waals surface area contributed by atoms with E-state index in [0.29, 0.717) is 5.91 Å². The third-order valence-electron chi connectivity index (χ3n) is 7.08. The van der Waals surface area contributed by atoms with E-state index in [-0.39, 0.29) is 6.04 Å². The zero-order chi connectivity index (χ0) is 20.3. The second-order valence-electron chi connectivity index (χ2n) is 9.11. The number of rotatable bonds is 4. The minimum atomic E-state index is 0.0843. The fourth-order valence-corrected chi connectivity index (χ4v) is 5.66. The Hall–Kier alpha value is -2.13. The first-order valence-corrected chi connectivity index (χ1v) is 11.4. The van der Waals surface area contributed by atoms with Gasteiger partial charge in [-0.2, -0.15) is 0 Å². The van der Waals surface area contributed by atoms with Gasteiger partial charge < -0.3 is 9.38 Å². The van der Waals surface area contributed by atoms with Gasteiger partial charge in [0.05, 0.1) is 13.1 Å². The van der Waals surface area contributed by atoms with Gasteiger partial charge in [-0.25, -0.2) is 0 Å². The molecule has 0 saturated carbocycles. The first-order valence-electron chi connectivity index (χ1n) is 11.4. The van der Waals surface area contributed by atoms with Crippen LogP contribution in [-0.2, 0) is 11.3 Å². The molecular formula is C26H35N2O+. The number of anilines is 1. The van der Waals surface area contributed by atoms with E-state index in [1.54, 1.807) is 0 Å². The zero-order valence-electron chi connectivity index (χ0n) is 18.1. The van der Waals surface area contributed by atoms with Crippen LogP contribution in [0.5, 0.6) is 0 Å². The van der Waals surface area contributed by atoms with Crippen molar-refractivity contribution in [2.75, 3.05) is 24.5 Å². The molecule has 3 nitrogen and oxygen atoms in total. The van der Waals surface area contributed by atoms with Crippen molar-refractivity contribution in [3.05, 3.63) is 65.2 Å². The SMILES string of the molecule is Cc1cccc(C)c1N1CCCC([N+]2(Cc3ccccc3)CCCCCC2)C1=O. The van der Waals surface area contributed by atoms with E-state index >= 15 is 0 Å². The molecule has 2 aromatic rings. The van der Waals surface area contributed by atoms with E-state index in [2.05, 4.69) is 67.3 Å². The van der Waals surface area contributed by atoms with Crippen molar-refractivity contribution in [1.29, 1.82) is 0 Å². The lowest BCUT2D eigenvalue weighted by atomic mass is 9.96. The van der Waals surface area contributed by atoms with Crippen LogP contribution in [0.1, 0.15) is 55.2 Å². The summed E-state index contributed by atoms with van der Waals surface area (Å²) in [5.74, 6) is 0.353. The number of piperidine rings is 1. The Labute approximate surface area is 175 Å². The number of nitrogens with zero attached hydrogens (tertiary/aromatic N) is 2.